The summed E-state index contributed by atoms with van der Waals surface area (Å²) in [5, 5.41) is 2.88. The van der Waals surface area contributed by atoms with E-state index in [0.717, 1.165) is 16.6 Å². The summed E-state index contributed by atoms with van der Waals surface area (Å²) in [6, 6.07) is 13.1. The number of aryl methyl sites for hydroxylation is 1. The van der Waals surface area contributed by atoms with Crippen molar-refractivity contribution >= 4 is 16.9 Å². The maximum atomic E-state index is 12.2. The van der Waals surface area contributed by atoms with Crippen molar-refractivity contribution in [3.05, 3.63) is 53.9 Å². The number of rotatable bonds is 6. The second kappa shape index (κ2) is 7.25. The first-order chi connectivity index (χ1) is 12.1. The number of nitrogens with zero attached hydrogens (tertiary/aromatic N) is 1. The van der Waals surface area contributed by atoms with Crippen LogP contribution in [-0.2, 0) is 4.79 Å². The number of carbonyl (C=O) groups excluding carboxylic acids is 1. The van der Waals surface area contributed by atoms with Gasteiger partial charge in [-0.1, -0.05) is 18.2 Å². The van der Waals surface area contributed by atoms with Gasteiger partial charge < -0.3 is 19.8 Å². The Morgan fingerprint density at radius 3 is 2.80 bits per heavy atom. The number of hydrogen-bond donors (Lipinski definition) is 2. The highest BCUT2D eigenvalue weighted by Gasteiger charge is 2.14. The predicted molar refractivity (Wildman–Crippen MR) is 95.9 cm³/mol. The molecule has 0 saturated heterocycles. The molecule has 0 bridgehead atoms. The van der Waals surface area contributed by atoms with E-state index < -0.39 is 0 Å². The number of hydrogen-bond acceptors (Lipinski definition) is 4. The molecule has 0 radical (unpaired) electrons. The maximum absolute atomic E-state index is 12.2. The number of aromatic amines is 1. The molecule has 0 saturated carbocycles. The van der Waals surface area contributed by atoms with Crippen LogP contribution >= 0.6 is 0 Å². The summed E-state index contributed by atoms with van der Waals surface area (Å²) in [6.45, 7) is 3.75. The third kappa shape index (κ3) is 3.91. The molecule has 3 rings (SSSR count). The second-order valence-corrected chi connectivity index (χ2v) is 5.87. The minimum atomic E-state index is -0.247. The summed E-state index contributed by atoms with van der Waals surface area (Å²) in [4.78, 5) is 19.9. The Labute approximate surface area is 146 Å². The van der Waals surface area contributed by atoms with E-state index >= 15 is 0 Å². The molecule has 6 heteroatoms. The van der Waals surface area contributed by atoms with E-state index in [4.69, 9.17) is 9.47 Å². The van der Waals surface area contributed by atoms with Gasteiger partial charge in [0.1, 0.15) is 5.82 Å². The molecule has 0 fully saturated rings. The van der Waals surface area contributed by atoms with Gasteiger partial charge in [0.25, 0.3) is 5.91 Å². The van der Waals surface area contributed by atoms with Gasteiger partial charge in [-0.2, -0.15) is 0 Å². The van der Waals surface area contributed by atoms with E-state index in [1.165, 1.54) is 0 Å². The Bertz CT molecular complexity index is 856. The third-order valence-electron chi connectivity index (χ3n) is 3.87. The first kappa shape index (κ1) is 16.8. The fraction of sp³-hybridized carbons (Fsp3) is 0.263. The fourth-order valence-corrected chi connectivity index (χ4v) is 2.57. The number of amides is 1. The van der Waals surface area contributed by atoms with E-state index in [1.807, 2.05) is 50.2 Å². The van der Waals surface area contributed by atoms with Crippen LogP contribution in [0.2, 0.25) is 0 Å². The van der Waals surface area contributed by atoms with Crippen LogP contribution < -0.4 is 14.8 Å². The molecule has 0 aliphatic carbocycles. The summed E-state index contributed by atoms with van der Waals surface area (Å²) in [6.07, 6.45) is 0. The lowest BCUT2D eigenvalue weighted by Gasteiger charge is -2.14. The normalized spacial score (nSPS) is 12.0. The minimum Gasteiger partial charge on any atom is -0.493 e. The first-order valence-electron chi connectivity index (χ1n) is 8.08. The van der Waals surface area contributed by atoms with E-state index in [-0.39, 0.29) is 18.6 Å². The lowest BCUT2D eigenvalue weighted by atomic mass is 10.2. The van der Waals surface area contributed by atoms with Crippen molar-refractivity contribution in [2.45, 2.75) is 19.9 Å². The van der Waals surface area contributed by atoms with Crippen molar-refractivity contribution in [3.63, 3.8) is 0 Å². The summed E-state index contributed by atoms with van der Waals surface area (Å²) < 4.78 is 10.8. The van der Waals surface area contributed by atoms with Gasteiger partial charge in [-0.3, -0.25) is 4.79 Å². The number of nitrogens with one attached hydrogen (secondary N) is 2. The van der Waals surface area contributed by atoms with Gasteiger partial charge in [-0.15, -0.1) is 0 Å². The average molecular weight is 339 g/mol. The van der Waals surface area contributed by atoms with Crippen LogP contribution in [-0.4, -0.2) is 29.6 Å². The minimum absolute atomic E-state index is 0.0933. The molecule has 0 aliphatic heterocycles. The molecule has 2 N–H and O–H groups in total. The van der Waals surface area contributed by atoms with E-state index in [2.05, 4.69) is 15.3 Å². The molecule has 6 nitrogen and oxygen atoms in total. The SMILES string of the molecule is COc1cc(C)ccc1OCC(=O)NC(C)c1nc2ccccc2[nH]1. The van der Waals surface area contributed by atoms with Crippen molar-refractivity contribution < 1.29 is 14.3 Å². The summed E-state index contributed by atoms with van der Waals surface area (Å²) in [5.41, 5.74) is 2.88. The quantitative estimate of drug-likeness (QED) is 0.723. The zero-order chi connectivity index (χ0) is 17.8. The Kier molecular flexibility index (Phi) is 4.88. The molecule has 1 heterocycles. The smallest absolute Gasteiger partial charge is 0.258 e. The van der Waals surface area contributed by atoms with E-state index in [0.29, 0.717) is 17.3 Å². The molecule has 2 aromatic carbocycles. The molecule has 25 heavy (non-hydrogen) atoms. The van der Waals surface area contributed by atoms with Gasteiger partial charge in [-0.05, 0) is 43.7 Å². The summed E-state index contributed by atoms with van der Waals surface area (Å²) >= 11 is 0. The van der Waals surface area contributed by atoms with Crippen molar-refractivity contribution in [1.29, 1.82) is 0 Å². The summed E-state index contributed by atoms with van der Waals surface area (Å²) in [5.74, 6) is 1.64. The van der Waals surface area contributed by atoms with Crippen LogP contribution in [0, 0.1) is 6.92 Å². The Hall–Kier alpha value is -3.02. The Morgan fingerprint density at radius 1 is 1.24 bits per heavy atom. The fourth-order valence-electron chi connectivity index (χ4n) is 2.57. The monoisotopic (exact) mass is 339 g/mol. The second-order valence-electron chi connectivity index (χ2n) is 5.87. The molecule has 1 atom stereocenters. The van der Waals surface area contributed by atoms with Crippen molar-refractivity contribution in [1.82, 2.24) is 15.3 Å². The van der Waals surface area contributed by atoms with Crippen LogP contribution in [0.15, 0.2) is 42.5 Å². The predicted octanol–water partition coefficient (Wildman–Crippen LogP) is 3.14. The average Bonchev–Trinajstić information content (AvgIpc) is 3.05. The molecule has 0 spiro atoms. The first-order valence-corrected chi connectivity index (χ1v) is 8.08. The van der Waals surface area contributed by atoms with Gasteiger partial charge in [0.05, 0.1) is 24.2 Å². The largest absolute Gasteiger partial charge is 0.493 e. The van der Waals surface area contributed by atoms with Crippen LogP contribution in [0.5, 0.6) is 11.5 Å². The molecule has 3 aromatic rings. The zero-order valence-electron chi connectivity index (χ0n) is 14.5. The van der Waals surface area contributed by atoms with Crippen LogP contribution in [0.1, 0.15) is 24.4 Å². The molecule has 0 aliphatic rings. The zero-order valence-corrected chi connectivity index (χ0v) is 14.5. The third-order valence-corrected chi connectivity index (χ3v) is 3.87. The molecule has 130 valence electrons. The number of para-hydroxylation sites is 2. The molecule has 1 unspecified atom stereocenters. The van der Waals surface area contributed by atoms with Crippen LogP contribution in [0.3, 0.4) is 0 Å². The highest BCUT2D eigenvalue weighted by Crippen LogP contribution is 2.27. The van der Waals surface area contributed by atoms with Gasteiger partial charge >= 0.3 is 0 Å². The number of fused-ring (bicyclic) bond motifs is 1. The van der Waals surface area contributed by atoms with Gasteiger partial charge in [0.15, 0.2) is 18.1 Å². The van der Waals surface area contributed by atoms with Crippen molar-refractivity contribution in [2.24, 2.45) is 0 Å². The van der Waals surface area contributed by atoms with Gasteiger partial charge in [0.2, 0.25) is 0 Å². The maximum Gasteiger partial charge on any atom is 0.258 e. The Morgan fingerprint density at radius 2 is 2.04 bits per heavy atom. The molecule has 1 amide bonds. The van der Waals surface area contributed by atoms with E-state index in [1.54, 1.807) is 13.2 Å². The number of ether oxygens (including phenoxy) is 2. The number of aromatic nitrogens is 2. The lowest BCUT2D eigenvalue weighted by Crippen LogP contribution is -2.31. The lowest BCUT2D eigenvalue weighted by molar-refractivity contribution is -0.123. The molecule has 1 aromatic heterocycles. The van der Waals surface area contributed by atoms with Crippen LogP contribution in [0.4, 0.5) is 0 Å². The number of benzene rings is 2. The number of imidazole rings is 1. The standard InChI is InChI=1S/C19H21N3O3/c1-12-8-9-16(17(10-12)24-3)25-11-18(23)20-13(2)19-21-14-6-4-5-7-15(14)22-19/h4-10,13H,11H2,1-3H3,(H,20,23)(H,21,22). The van der Waals surface area contributed by atoms with E-state index in [9.17, 15) is 4.79 Å². The number of methoxy groups -OCH3 is 1. The molecular formula is C19H21N3O3. The van der Waals surface area contributed by atoms with Crippen molar-refractivity contribution in [2.75, 3.05) is 13.7 Å². The highest BCUT2D eigenvalue weighted by atomic mass is 16.5. The van der Waals surface area contributed by atoms with Gasteiger partial charge in [-0.25, -0.2) is 4.98 Å². The summed E-state index contributed by atoms with van der Waals surface area (Å²) in [7, 11) is 1.57. The number of H-pyrrole nitrogens is 1. The van der Waals surface area contributed by atoms with Gasteiger partial charge in [0, 0.05) is 0 Å². The van der Waals surface area contributed by atoms with Crippen molar-refractivity contribution in [3.8, 4) is 11.5 Å². The highest BCUT2D eigenvalue weighted by molar-refractivity contribution is 5.78. The van der Waals surface area contributed by atoms with Crippen LogP contribution in [0.25, 0.3) is 11.0 Å². The number of carbonyl (C=O) groups is 1. The topological polar surface area (TPSA) is 76.2 Å². The molecular weight excluding hydrogens is 318 g/mol. The Balaban J connectivity index is 1.60.